The summed E-state index contributed by atoms with van der Waals surface area (Å²) in [6.45, 7) is 4.41. The minimum Gasteiger partial charge on any atom is -0.209 e. The Balaban J connectivity index is 0. The largest absolute Gasteiger partial charge is 0.445 e. The summed E-state index contributed by atoms with van der Waals surface area (Å²) in [5.41, 5.74) is 0. The fraction of sp³-hybridized carbons (Fsp3) is 0.667. The van der Waals surface area contributed by atoms with E-state index in [4.69, 9.17) is 0 Å². The van der Waals surface area contributed by atoms with E-state index in [0.717, 1.165) is 0 Å². The van der Waals surface area contributed by atoms with E-state index in [-0.39, 0.29) is 0 Å². The van der Waals surface area contributed by atoms with Gasteiger partial charge in [-0.3, -0.25) is 0 Å². The molecule has 0 unspecified atom stereocenters. The Morgan fingerprint density at radius 3 is 1.27 bits per heavy atom. The Bertz CT molecular complexity index is 128. The topological polar surface area (TPSA) is 0 Å². The van der Waals surface area contributed by atoms with Crippen LogP contribution in [0, 0.1) is 0 Å². The monoisotopic (exact) mass is 176 g/mol. The van der Waals surface area contributed by atoms with Gasteiger partial charge in [0.1, 0.15) is 5.83 Å². The summed E-state index contributed by atoms with van der Waals surface area (Å²) in [7, 11) is 0. The highest BCUT2D eigenvalue weighted by atomic mass is 19.4. The van der Waals surface area contributed by atoms with Crippen molar-refractivity contribution in [1.82, 2.24) is 0 Å². The molecule has 0 fully saturated rings. The van der Waals surface area contributed by atoms with Crippen LogP contribution in [-0.2, 0) is 0 Å². The maximum atomic E-state index is 11.4. The number of hydrogen-bond donors (Lipinski definition) is 0. The molecule has 5 heteroatoms. The van der Waals surface area contributed by atoms with Crippen LogP contribution >= 0.6 is 0 Å². The Labute approximate surface area is 61.7 Å². The van der Waals surface area contributed by atoms with Crippen molar-refractivity contribution in [2.45, 2.75) is 26.9 Å². The van der Waals surface area contributed by atoms with Gasteiger partial charge in [-0.15, -0.1) is 0 Å². The lowest BCUT2D eigenvalue weighted by molar-refractivity contribution is -0.111. The smallest absolute Gasteiger partial charge is 0.209 e. The van der Waals surface area contributed by atoms with Crippen molar-refractivity contribution in [3.8, 4) is 0 Å². The first kappa shape index (κ1) is 13.0. The average molecular weight is 176 g/mol. The first-order chi connectivity index (χ1) is 4.85. The van der Waals surface area contributed by atoms with Gasteiger partial charge in [-0.05, 0) is 6.92 Å². The van der Waals surface area contributed by atoms with Crippen molar-refractivity contribution in [1.29, 1.82) is 0 Å². The zero-order valence-corrected chi connectivity index (χ0v) is 6.39. The highest BCUT2D eigenvalue weighted by Crippen LogP contribution is 2.29. The van der Waals surface area contributed by atoms with E-state index in [0.29, 0.717) is 6.92 Å². The van der Waals surface area contributed by atoms with E-state index in [9.17, 15) is 22.0 Å². The summed E-state index contributed by atoms with van der Waals surface area (Å²) in [5, 5.41) is 0. The third-order valence-electron chi connectivity index (χ3n) is 0.551. The van der Waals surface area contributed by atoms with Crippen molar-refractivity contribution < 1.29 is 22.0 Å². The molecular formula is C6H9F5. The highest BCUT2D eigenvalue weighted by Gasteiger charge is 2.36. The number of rotatable bonds is 0. The van der Waals surface area contributed by atoms with Gasteiger partial charge in [0.15, 0.2) is 0 Å². The fourth-order valence-corrected chi connectivity index (χ4v) is 0.195. The molecular weight excluding hydrogens is 167 g/mol. The summed E-state index contributed by atoms with van der Waals surface area (Å²) < 4.78 is 55.9. The summed E-state index contributed by atoms with van der Waals surface area (Å²) in [5.74, 6) is -4.51. The normalized spacial score (nSPS) is 13.1. The molecule has 0 radical (unpaired) electrons. The molecule has 0 spiro atoms. The molecule has 0 saturated carbocycles. The zero-order chi connectivity index (χ0) is 9.65. The van der Waals surface area contributed by atoms with Crippen molar-refractivity contribution in [2.24, 2.45) is 0 Å². The second kappa shape index (κ2) is 5.09. The van der Waals surface area contributed by atoms with Gasteiger partial charge in [0.2, 0.25) is 5.83 Å². The van der Waals surface area contributed by atoms with Gasteiger partial charge >= 0.3 is 6.18 Å². The first-order valence-electron chi connectivity index (χ1n) is 2.94. The van der Waals surface area contributed by atoms with E-state index >= 15 is 0 Å². The third kappa shape index (κ3) is 5.82. The Kier molecular flexibility index (Phi) is 6.03. The molecule has 0 atom stereocenters. The van der Waals surface area contributed by atoms with Crippen molar-refractivity contribution >= 4 is 0 Å². The highest BCUT2D eigenvalue weighted by molar-refractivity contribution is 5.02. The van der Waals surface area contributed by atoms with Crippen LogP contribution in [0.3, 0.4) is 0 Å². The quantitative estimate of drug-likeness (QED) is 0.493. The van der Waals surface area contributed by atoms with Crippen molar-refractivity contribution in [2.75, 3.05) is 0 Å². The lowest BCUT2D eigenvalue weighted by Gasteiger charge is -2.00. The minimum atomic E-state index is -5.18. The van der Waals surface area contributed by atoms with Crippen LogP contribution in [-0.4, -0.2) is 6.18 Å². The van der Waals surface area contributed by atoms with Crippen LogP contribution in [0.1, 0.15) is 20.8 Å². The number of halogens is 5. The van der Waals surface area contributed by atoms with Gasteiger partial charge in [0.25, 0.3) is 0 Å². The molecule has 0 nitrogen and oxygen atoms in total. The van der Waals surface area contributed by atoms with Gasteiger partial charge in [0.05, 0.1) is 0 Å². The maximum absolute atomic E-state index is 11.4. The standard InChI is InChI=1S/C4H3F5.C2H6/c1-2(5)3(6)4(7,8)9;1-2/h1H3;1-2H3/b3-2+;. The Morgan fingerprint density at radius 1 is 1.00 bits per heavy atom. The predicted molar refractivity (Wildman–Crippen MR) is 32.3 cm³/mol. The van der Waals surface area contributed by atoms with Gasteiger partial charge in [-0.25, -0.2) is 4.39 Å². The maximum Gasteiger partial charge on any atom is 0.445 e. The zero-order valence-electron chi connectivity index (χ0n) is 6.39. The van der Waals surface area contributed by atoms with Crippen LogP contribution in [0.2, 0.25) is 0 Å². The predicted octanol–water partition coefficient (Wildman–Crippen LogP) is 3.75. The molecule has 0 N–H and O–H groups in total. The second-order valence-corrected chi connectivity index (χ2v) is 1.35. The molecule has 0 aromatic carbocycles. The molecule has 68 valence electrons. The Hall–Kier alpha value is -0.610. The molecule has 0 heterocycles. The molecule has 0 aliphatic carbocycles. The SMILES string of the molecule is C/C(F)=C(\F)C(F)(F)F.CC. The van der Waals surface area contributed by atoms with Gasteiger partial charge in [0, 0.05) is 0 Å². The van der Waals surface area contributed by atoms with E-state index in [2.05, 4.69) is 0 Å². The molecule has 0 bridgehead atoms. The van der Waals surface area contributed by atoms with E-state index in [1.54, 1.807) is 0 Å². The summed E-state index contributed by atoms with van der Waals surface area (Å²) in [4.78, 5) is 0. The molecule has 0 aliphatic rings. The Morgan fingerprint density at radius 2 is 1.27 bits per heavy atom. The summed E-state index contributed by atoms with van der Waals surface area (Å²) >= 11 is 0. The molecule has 11 heavy (non-hydrogen) atoms. The van der Waals surface area contributed by atoms with Crippen LogP contribution in [0.25, 0.3) is 0 Å². The van der Waals surface area contributed by atoms with Crippen LogP contribution < -0.4 is 0 Å². The number of hydrogen-bond acceptors (Lipinski definition) is 0. The molecule has 0 aliphatic heterocycles. The fourth-order valence-electron chi connectivity index (χ4n) is 0.195. The first-order valence-corrected chi connectivity index (χ1v) is 2.94. The minimum absolute atomic E-state index is 0.406. The van der Waals surface area contributed by atoms with Crippen LogP contribution in [0.4, 0.5) is 22.0 Å². The average Bonchev–Trinajstić information content (AvgIpc) is 1.89. The van der Waals surface area contributed by atoms with Crippen LogP contribution in [0.5, 0.6) is 0 Å². The second-order valence-electron chi connectivity index (χ2n) is 1.35. The lowest BCUT2D eigenvalue weighted by Crippen LogP contribution is -2.08. The van der Waals surface area contributed by atoms with Crippen LogP contribution in [0.15, 0.2) is 11.7 Å². The third-order valence-corrected chi connectivity index (χ3v) is 0.551. The molecule has 0 amide bonds. The molecule has 0 saturated heterocycles. The van der Waals surface area contributed by atoms with Gasteiger partial charge in [-0.1, -0.05) is 13.8 Å². The number of alkyl halides is 3. The summed E-state index contributed by atoms with van der Waals surface area (Å²) in [6.07, 6.45) is -5.18. The molecule has 0 rings (SSSR count). The van der Waals surface area contributed by atoms with E-state index in [1.165, 1.54) is 0 Å². The molecule has 0 aromatic rings. The number of allylic oxidation sites excluding steroid dienone is 2. The van der Waals surface area contributed by atoms with Gasteiger partial charge in [-0.2, -0.15) is 17.6 Å². The van der Waals surface area contributed by atoms with Gasteiger partial charge < -0.3 is 0 Å². The van der Waals surface area contributed by atoms with Crippen molar-refractivity contribution in [3.63, 3.8) is 0 Å². The molecule has 0 aromatic heterocycles. The summed E-state index contributed by atoms with van der Waals surface area (Å²) in [6, 6.07) is 0. The van der Waals surface area contributed by atoms with E-state index < -0.39 is 17.8 Å². The lowest BCUT2D eigenvalue weighted by atomic mass is 10.4. The van der Waals surface area contributed by atoms with Crippen molar-refractivity contribution in [3.05, 3.63) is 11.7 Å². The van der Waals surface area contributed by atoms with E-state index in [1.807, 2.05) is 13.8 Å².